The van der Waals surface area contributed by atoms with Crippen LogP contribution in [-0.4, -0.2) is 42.1 Å². The number of hydrogen-bond acceptors (Lipinski definition) is 6. The van der Waals surface area contributed by atoms with Crippen molar-refractivity contribution >= 4 is 11.8 Å². The predicted octanol–water partition coefficient (Wildman–Crippen LogP) is 4.32. The number of aromatic nitrogens is 1. The van der Waals surface area contributed by atoms with E-state index in [2.05, 4.69) is 23.3 Å². The smallest absolute Gasteiger partial charge is 0.302 e. The maximum atomic E-state index is 12.8. The van der Waals surface area contributed by atoms with Crippen LogP contribution in [-0.2, 0) is 33.7 Å². The molecule has 1 aromatic carbocycles. The maximum absolute atomic E-state index is 12.8. The van der Waals surface area contributed by atoms with E-state index in [4.69, 9.17) is 9.47 Å². The SMILES string of the molecule is CCC(CCC(CC(=O)CCc1cc(OC)c(O)cc1CNC)OC(C)=O)Cc1cc[nH]c1. The van der Waals surface area contributed by atoms with Gasteiger partial charge in [-0.2, -0.15) is 0 Å². The molecule has 1 aromatic heterocycles. The van der Waals surface area contributed by atoms with E-state index in [0.29, 0.717) is 37.5 Å². The number of phenolic OH excluding ortho intramolecular Hbond substituents is 1. The summed E-state index contributed by atoms with van der Waals surface area (Å²) in [5.74, 6) is 0.650. The van der Waals surface area contributed by atoms with Gasteiger partial charge in [0, 0.05) is 38.7 Å². The molecule has 0 aliphatic rings. The highest BCUT2D eigenvalue weighted by molar-refractivity contribution is 5.79. The van der Waals surface area contributed by atoms with E-state index in [1.54, 1.807) is 12.1 Å². The van der Waals surface area contributed by atoms with Crippen LogP contribution in [0, 0.1) is 5.92 Å². The summed E-state index contributed by atoms with van der Waals surface area (Å²) in [6.07, 6.45) is 8.19. The molecule has 0 amide bonds. The number of methoxy groups -OCH3 is 1. The van der Waals surface area contributed by atoms with Gasteiger partial charge in [0.05, 0.1) is 7.11 Å². The Hall–Kier alpha value is -2.80. The first-order valence-electron chi connectivity index (χ1n) is 11.7. The van der Waals surface area contributed by atoms with Crippen molar-refractivity contribution in [3.05, 3.63) is 47.3 Å². The Bertz CT molecular complexity index is 879. The number of Topliss-reactive ketones (excluding diaryl/α,β-unsaturated/α-hetero) is 1. The van der Waals surface area contributed by atoms with E-state index >= 15 is 0 Å². The third-order valence-corrected chi connectivity index (χ3v) is 5.99. The maximum Gasteiger partial charge on any atom is 0.302 e. The van der Waals surface area contributed by atoms with E-state index in [0.717, 1.165) is 30.4 Å². The van der Waals surface area contributed by atoms with Gasteiger partial charge in [-0.1, -0.05) is 13.3 Å². The van der Waals surface area contributed by atoms with Crippen molar-refractivity contribution in [2.75, 3.05) is 14.2 Å². The molecule has 3 N–H and O–H groups in total. The van der Waals surface area contributed by atoms with Gasteiger partial charge in [0.2, 0.25) is 0 Å². The molecule has 2 atom stereocenters. The van der Waals surface area contributed by atoms with Crippen molar-refractivity contribution in [3.8, 4) is 11.5 Å². The number of hydrogen-bond donors (Lipinski definition) is 3. The highest BCUT2D eigenvalue weighted by Gasteiger charge is 2.20. The summed E-state index contributed by atoms with van der Waals surface area (Å²) in [5, 5.41) is 13.1. The van der Waals surface area contributed by atoms with Crippen molar-refractivity contribution in [1.82, 2.24) is 10.3 Å². The second kappa shape index (κ2) is 13.7. The van der Waals surface area contributed by atoms with Gasteiger partial charge in [0.15, 0.2) is 11.5 Å². The minimum atomic E-state index is -0.401. The summed E-state index contributed by atoms with van der Waals surface area (Å²) in [6, 6.07) is 5.54. The van der Waals surface area contributed by atoms with Crippen molar-refractivity contribution in [3.63, 3.8) is 0 Å². The van der Waals surface area contributed by atoms with Crippen molar-refractivity contribution < 1.29 is 24.2 Å². The summed E-state index contributed by atoms with van der Waals surface area (Å²) >= 11 is 0. The zero-order valence-electron chi connectivity index (χ0n) is 20.3. The lowest BCUT2D eigenvalue weighted by atomic mass is 9.91. The summed E-state index contributed by atoms with van der Waals surface area (Å²) in [7, 11) is 3.34. The molecule has 0 fully saturated rings. The topological polar surface area (TPSA) is 101 Å². The highest BCUT2D eigenvalue weighted by atomic mass is 16.5. The van der Waals surface area contributed by atoms with Gasteiger partial charge in [-0.25, -0.2) is 0 Å². The van der Waals surface area contributed by atoms with E-state index in [1.807, 2.05) is 19.4 Å². The predicted molar refractivity (Wildman–Crippen MR) is 128 cm³/mol. The Morgan fingerprint density at radius 1 is 1.21 bits per heavy atom. The quantitative estimate of drug-likeness (QED) is 0.344. The monoisotopic (exact) mass is 458 g/mol. The molecule has 182 valence electrons. The Balaban J connectivity index is 1.95. The van der Waals surface area contributed by atoms with Crippen LogP contribution in [0.1, 0.15) is 62.6 Å². The van der Waals surface area contributed by atoms with Gasteiger partial charge >= 0.3 is 5.97 Å². The molecule has 0 aliphatic carbocycles. The Morgan fingerprint density at radius 2 is 2.00 bits per heavy atom. The highest BCUT2D eigenvalue weighted by Crippen LogP contribution is 2.30. The Morgan fingerprint density at radius 3 is 2.61 bits per heavy atom. The van der Waals surface area contributed by atoms with E-state index in [-0.39, 0.29) is 23.9 Å². The summed E-state index contributed by atoms with van der Waals surface area (Å²) in [4.78, 5) is 27.5. The summed E-state index contributed by atoms with van der Waals surface area (Å²) in [6.45, 7) is 4.13. The van der Waals surface area contributed by atoms with Crippen molar-refractivity contribution in [2.24, 2.45) is 5.92 Å². The fourth-order valence-corrected chi connectivity index (χ4v) is 4.16. The Kier molecular flexibility index (Phi) is 11.0. The number of rotatable bonds is 15. The second-order valence-corrected chi connectivity index (χ2v) is 8.57. The number of nitrogens with one attached hydrogen (secondary N) is 2. The number of carbonyl (C=O) groups excluding carboxylic acids is 2. The van der Waals surface area contributed by atoms with Crippen LogP contribution in [0.25, 0.3) is 0 Å². The van der Waals surface area contributed by atoms with Crippen LogP contribution in [0.15, 0.2) is 30.6 Å². The molecule has 0 saturated heterocycles. The largest absolute Gasteiger partial charge is 0.504 e. The number of benzene rings is 1. The molecule has 2 aromatic rings. The van der Waals surface area contributed by atoms with Crippen molar-refractivity contribution in [2.45, 2.75) is 71.4 Å². The lowest BCUT2D eigenvalue weighted by molar-refractivity contribution is -0.148. The molecule has 0 saturated carbocycles. The molecule has 2 rings (SSSR count). The van der Waals surface area contributed by atoms with Gasteiger partial charge < -0.3 is 24.9 Å². The van der Waals surface area contributed by atoms with Crippen LogP contribution in [0.4, 0.5) is 0 Å². The molecule has 33 heavy (non-hydrogen) atoms. The van der Waals surface area contributed by atoms with Crippen molar-refractivity contribution in [1.29, 1.82) is 0 Å². The molecule has 7 nitrogen and oxygen atoms in total. The lowest BCUT2D eigenvalue weighted by Gasteiger charge is -2.20. The fourth-order valence-electron chi connectivity index (χ4n) is 4.16. The molecular formula is C26H38N2O5. The first kappa shape index (κ1) is 26.5. The number of ether oxygens (including phenoxy) is 2. The van der Waals surface area contributed by atoms with Gasteiger partial charge in [0.25, 0.3) is 0 Å². The molecule has 0 bridgehead atoms. The molecule has 2 unspecified atom stereocenters. The van der Waals surface area contributed by atoms with E-state index in [1.165, 1.54) is 19.6 Å². The molecule has 0 aliphatic heterocycles. The number of phenols is 1. The number of aromatic hydroxyl groups is 1. The van der Waals surface area contributed by atoms with Crippen LogP contribution < -0.4 is 10.1 Å². The molecule has 7 heteroatoms. The standard InChI is InChI=1S/C26H38N2O5/c1-5-19(12-20-10-11-28-16-20)6-9-24(33-18(2)29)15-23(30)8-7-21-14-26(32-4)25(31)13-22(21)17-27-3/h10-11,13-14,16,19,24,27-28,31H,5-9,12,15,17H2,1-4H3. The minimum Gasteiger partial charge on any atom is -0.504 e. The third kappa shape index (κ3) is 8.92. The van der Waals surface area contributed by atoms with Gasteiger partial charge in [0.1, 0.15) is 11.9 Å². The molecule has 0 spiro atoms. The average molecular weight is 459 g/mol. The van der Waals surface area contributed by atoms with E-state index in [9.17, 15) is 14.7 Å². The van der Waals surface area contributed by atoms with Crippen LogP contribution in [0.5, 0.6) is 11.5 Å². The Labute approximate surface area is 196 Å². The van der Waals surface area contributed by atoms with E-state index < -0.39 is 6.10 Å². The number of carbonyl (C=O) groups is 2. The number of ketones is 1. The number of H-pyrrole nitrogens is 1. The minimum absolute atomic E-state index is 0.0578. The molecular weight excluding hydrogens is 420 g/mol. The van der Waals surface area contributed by atoms with Crippen LogP contribution in [0.3, 0.4) is 0 Å². The zero-order valence-corrected chi connectivity index (χ0v) is 20.3. The van der Waals surface area contributed by atoms with Crippen LogP contribution in [0.2, 0.25) is 0 Å². The summed E-state index contributed by atoms with van der Waals surface area (Å²) < 4.78 is 10.7. The third-order valence-electron chi connectivity index (χ3n) is 5.99. The average Bonchev–Trinajstić information content (AvgIpc) is 3.28. The first-order chi connectivity index (χ1) is 15.9. The summed E-state index contributed by atoms with van der Waals surface area (Å²) in [5.41, 5.74) is 3.15. The number of aryl methyl sites for hydroxylation is 1. The second-order valence-electron chi connectivity index (χ2n) is 8.57. The van der Waals surface area contributed by atoms with Crippen LogP contribution >= 0.6 is 0 Å². The first-order valence-corrected chi connectivity index (χ1v) is 11.7. The number of aromatic amines is 1. The zero-order chi connectivity index (χ0) is 24.2. The molecule has 0 radical (unpaired) electrons. The molecule has 1 heterocycles. The lowest BCUT2D eigenvalue weighted by Crippen LogP contribution is -2.22. The normalized spacial score (nSPS) is 12.8. The fraction of sp³-hybridized carbons (Fsp3) is 0.538. The van der Waals surface area contributed by atoms with Gasteiger partial charge in [-0.15, -0.1) is 0 Å². The van der Waals surface area contributed by atoms with Gasteiger partial charge in [-0.3, -0.25) is 9.59 Å². The van der Waals surface area contributed by atoms with Gasteiger partial charge in [-0.05, 0) is 73.5 Å². The number of esters is 1.